The lowest BCUT2D eigenvalue weighted by molar-refractivity contribution is -0.385. The Morgan fingerprint density at radius 3 is 2.74 bits per heavy atom. The Morgan fingerprint density at radius 2 is 2.17 bits per heavy atom. The van der Waals surface area contributed by atoms with Gasteiger partial charge in [0, 0.05) is 18.1 Å². The van der Waals surface area contributed by atoms with Gasteiger partial charge in [0.25, 0.3) is 11.6 Å². The zero-order chi connectivity index (χ0) is 15.4. The summed E-state index contributed by atoms with van der Waals surface area (Å²) in [4.78, 5) is 10.4. The second-order valence-corrected chi connectivity index (χ2v) is 4.86. The van der Waals surface area contributed by atoms with Crippen LogP contribution in [0, 0.1) is 10.1 Å². The summed E-state index contributed by atoms with van der Waals surface area (Å²) in [6.07, 6.45) is 2.08. The number of benzene rings is 1. The SMILES string of the molecule is CCc1nnc(N/N=C/c2ccc(Br)c([N+](=O)[O-])c2)n1N.Cl.Cl. The third-order valence-electron chi connectivity index (χ3n) is 2.63. The maximum atomic E-state index is 10.8. The lowest BCUT2D eigenvalue weighted by atomic mass is 10.2. The predicted molar refractivity (Wildman–Crippen MR) is 96.1 cm³/mol. The monoisotopic (exact) mass is 425 g/mol. The Bertz CT molecular complexity index is 708. The number of nitro groups is 1. The van der Waals surface area contributed by atoms with Gasteiger partial charge in [-0.1, -0.05) is 13.0 Å². The van der Waals surface area contributed by atoms with Gasteiger partial charge in [0.2, 0.25) is 0 Å². The molecule has 0 aliphatic rings. The maximum absolute atomic E-state index is 10.8. The molecule has 0 saturated heterocycles. The maximum Gasteiger partial charge on any atom is 0.284 e. The van der Waals surface area contributed by atoms with Gasteiger partial charge in [-0.25, -0.2) is 10.1 Å². The number of hydrogen-bond donors (Lipinski definition) is 2. The number of nitro benzene ring substituents is 1. The number of halogens is 3. The highest BCUT2D eigenvalue weighted by Crippen LogP contribution is 2.24. The number of hydrazone groups is 1. The number of hydrogen-bond acceptors (Lipinski definition) is 7. The second kappa shape index (κ2) is 9.28. The second-order valence-electron chi connectivity index (χ2n) is 4.00. The van der Waals surface area contributed by atoms with Crippen LogP contribution in [0.5, 0.6) is 0 Å². The molecule has 9 nitrogen and oxygen atoms in total. The molecule has 2 rings (SSSR count). The highest BCUT2D eigenvalue weighted by molar-refractivity contribution is 9.10. The number of nitrogens with zero attached hydrogens (tertiary/aromatic N) is 5. The van der Waals surface area contributed by atoms with Crippen molar-refractivity contribution in [3.8, 4) is 0 Å². The van der Waals surface area contributed by atoms with Crippen LogP contribution >= 0.6 is 40.7 Å². The molecule has 126 valence electrons. The van der Waals surface area contributed by atoms with Gasteiger partial charge in [0.15, 0.2) is 5.82 Å². The van der Waals surface area contributed by atoms with Crippen LogP contribution in [0.25, 0.3) is 0 Å². The van der Waals surface area contributed by atoms with E-state index >= 15 is 0 Å². The summed E-state index contributed by atoms with van der Waals surface area (Å²) >= 11 is 3.12. The minimum Gasteiger partial charge on any atom is -0.335 e. The lowest BCUT2D eigenvalue weighted by Crippen LogP contribution is -2.14. The van der Waals surface area contributed by atoms with Gasteiger partial charge in [-0.2, -0.15) is 5.10 Å². The van der Waals surface area contributed by atoms with Gasteiger partial charge in [-0.3, -0.25) is 10.1 Å². The van der Waals surface area contributed by atoms with Crippen LogP contribution < -0.4 is 11.3 Å². The number of aromatic nitrogens is 3. The summed E-state index contributed by atoms with van der Waals surface area (Å²) in [6.45, 7) is 1.90. The molecule has 0 saturated carbocycles. The molecular weight excluding hydrogens is 413 g/mol. The minimum absolute atomic E-state index is 0. The van der Waals surface area contributed by atoms with Crippen LogP contribution in [0.1, 0.15) is 18.3 Å². The topological polar surface area (TPSA) is 124 Å². The number of rotatable bonds is 5. The quantitative estimate of drug-likeness (QED) is 0.327. The van der Waals surface area contributed by atoms with E-state index in [1.165, 1.54) is 17.0 Å². The van der Waals surface area contributed by atoms with E-state index in [1.54, 1.807) is 12.1 Å². The fourth-order valence-corrected chi connectivity index (χ4v) is 1.95. The molecule has 0 radical (unpaired) electrons. The summed E-state index contributed by atoms with van der Waals surface area (Å²) in [5.74, 6) is 6.64. The summed E-state index contributed by atoms with van der Waals surface area (Å²) in [5, 5.41) is 22.5. The van der Waals surface area contributed by atoms with Crippen LogP contribution in [-0.2, 0) is 6.42 Å². The number of nitrogen functional groups attached to an aromatic ring is 1. The van der Waals surface area contributed by atoms with Crippen LogP contribution in [0.4, 0.5) is 11.6 Å². The van der Waals surface area contributed by atoms with Crippen molar-refractivity contribution < 1.29 is 4.92 Å². The van der Waals surface area contributed by atoms with Crippen LogP contribution in [0.2, 0.25) is 0 Å². The molecule has 1 aromatic heterocycles. The van der Waals surface area contributed by atoms with Crippen molar-refractivity contribution in [2.45, 2.75) is 13.3 Å². The van der Waals surface area contributed by atoms with Crippen molar-refractivity contribution in [1.82, 2.24) is 14.9 Å². The van der Waals surface area contributed by atoms with Crippen molar-refractivity contribution >= 4 is 58.6 Å². The van der Waals surface area contributed by atoms with E-state index in [0.717, 1.165) is 0 Å². The molecule has 1 aromatic carbocycles. The molecular formula is C11H14BrCl2N7O2. The molecule has 2 aromatic rings. The Morgan fingerprint density at radius 1 is 1.48 bits per heavy atom. The molecule has 0 aliphatic carbocycles. The van der Waals surface area contributed by atoms with Gasteiger partial charge in [-0.05, 0) is 22.0 Å². The van der Waals surface area contributed by atoms with Crippen molar-refractivity contribution in [2.75, 3.05) is 11.3 Å². The first-order valence-electron chi connectivity index (χ1n) is 5.95. The molecule has 0 unspecified atom stereocenters. The normalized spacial score (nSPS) is 10.0. The zero-order valence-electron chi connectivity index (χ0n) is 11.8. The van der Waals surface area contributed by atoms with E-state index in [2.05, 4.69) is 36.7 Å². The Balaban J connectivity index is 0.00000242. The molecule has 23 heavy (non-hydrogen) atoms. The van der Waals surface area contributed by atoms with E-state index < -0.39 is 4.92 Å². The van der Waals surface area contributed by atoms with Crippen molar-refractivity contribution in [3.05, 3.63) is 44.2 Å². The van der Waals surface area contributed by atoms with Gasteiger partial charge in [0.1, 0.15) is 0 Å². The van der Waals surface area contributed by atoms with E-state index in [4.69, 9.17) is 5.84 Å². The van der Waals surface area contributed by atoms with Crippen LogP contribution in [0.3, 0.4) is 0 Å². The fourth-order valence-electron chi connectivity index (χ4n) is 1.56. The number of nitrogens with two attached hydrogens (primary N) is 1. The van der Waals surface area contributed by atoms with Crippen molar-refractivity contribution in [1.29, 1.82) is 0 Å². The minimum atomic E-state index is -0.473. The average molecular weight is 427 g/mol. The number of anilines is 1. The average Bonchev–Trinajstić information content (AvgIpc) is 2.81. The van der Waals surface area contributed by atoms with Gasteiger partial charge >= 0.3 is 0 Å². The van der Waals surface area contributed by atoms with Crippen molar-refractivity contribution in [2.24, 2.45) is 5.10 Å². The van der Waals surface area contributed by atoms with E-state index in [0.29, 0.717) is 22.3 Å². The summed E-state index contributed by atoms with van der Waals surface area (Å²) in [6, 6.07) is 4.67. The van der Waals surface area contributed by atoms with Gasteiger partial charge in [0.05, 0.1) is 15.6 Å². The molecule has 0 spiro atoms. The predicted octanol–water partition coefficient (Wildman–Crippen LogP) is 2.51. The third kappa shape index (κ3) is 5.05. The molecule has 0 fully saturated rings. The zero-order valence-corrected chi connectivity index (χ0v) is 15.1. The Labute approximate surface area is 152 Å². The van der Waals surface area contributed by atoms with Crippen LogP contribution in [-0.4, -0.2) is 26.0 Å². The van der Waals surface area contributed by atoms with E-state index in [9.17, 15) is 10.1 Å². The molecule has 0 aliphatic heterocycles. The standard InChI is InChI=1S/C11H12BrN7O2.2ClH/c1-2-10-15-17-11(18(10)13)16-14-6-7-3-4-8(12)9(5-7)19(20)21;;/h3-6H,2,13H2,1H3,(H,16,17);2*1H/b14-6+;;. The number of aryl methyl sites for hydroxylation is 1. The summed E-state index contributed by atoms with van der Waals surface area (Å²) in [5.41, 5.74) is 3.16. The van der Waals surface area contributed by atoms with Crippen molar-refractivity contribution in [3.63, 3.8) is 0 Å². The number of nitrogens with one attached hydrogen (secondary N) is 1. The first-order chi connectivity index (χ1) is 10.0. The van der Waals surface area contributed by atoms with Gasteiger partial charge < -0.3 is 5.84 Å². The Hall–Kier alpha value is -1.91. The highest BCUT2D eigenvalue weighted by Gasteiger charge is 2.11. The smallest absolute Gasteiger partial charge is 0.284 e. The molecule has 0 atom stereocenters. The van der Waals surface area contributed by atoms with Gasteiger partial charge in [-0.15, -0.1) is 35.0 Å². The van der Waals surface area contributed by atoms with Crippen LogP contribution in [0.15, 0.2) is 27.8 Å². The molecule has 12 heteroatoms. The fraction of sp³-hybridized carbons (Fsp3) is 0.182. The summed E-state index contributed by atoms with van der Waals surface area (Å²) in [7, 11) is 0. The first-order valence-corrected chi connectivity index (χ1v) is 6.74. The van der Waals surface area contributed by atoms with E-state index in [-0.39, 0.29) is 36.4 Å². The highest BCUT2D eigenvalue weighted by atomic mass is 79.9. The molecule has 0 bridgehead atoms. The molecule has 3 N–H and O–H groups in total. The van der Waals surface area contributed by atoms with E-state index in [1.807, 2.05) is 6.92 Å². The molecule has 1 heterocycles. The largest absolute Gasteiger partial charge is 0.335 e. The Kier molecular flexibility index (Phi) is 8.51. The summed E-state index contributed by atoms with van der Waals surface area (Å²) < 4.78 is 1.70. The lowest BCUT2D eigenvalue weighted by Gasteiger charge is -2.01. The third-order valence-corrected chi connectivity index (χ3v) is 3.30. The molecule has 0 amide bonds. The first kappa shape index (κ1) is 21.1.